The minimum atomic E-state index is 0.508. The summed E-state index contributed by atoms with van der Waals surface area (Å²) in [4.78, 5) is 0. The molecule has 1 saturated heterocycles. The molecule has 16 heavy (non-hydrogen) atoms. The Bertz CT molecular complexity index is 296. The van der Waals surface area contributed by atoms with Crippen molar-refractivity contribution in [2.45, 2.75) is 59.5 Å². The van der Waals surface area contributed by atoms with Crippen LogP contribution in [-0.4, -0.2) is 12.7 Å². The molecule has 0 bridgehead atoms. The number of ether oxygens (including phenoxy) is 1. The van der Waals surface area contributed by atoms with E-state index in [-0.39, 0.29) is 0 Å². The minimum absolute atomic E-state index is 0.508. The summed E-state index contributed by atoms with van der Waals surface area (Å²) in [6.45, 7) is 10.8. The summed E-state index contributed by atoms with van der Waals surface area (Å²) in [6, 6.07) is 0. The van der Waals surface area contributed by atoms with Gasteiger partial charge in [0.1, 0.15) is 0 Å². The van der Waals surface area contributed by atoms with Crippen LogP contribution in [0.1, 0.15) is 53.4 Å². The van der Waals surface area contributed by atoms with Crippen LogP contribution in [-0.2, 0) is 4.74 Å². The number of fused-ring (bicyclic) bond motifs is 3. The van der Waals surface area contributed by atoms with Gasteiger partial charge in [0, 0.05) is 6.61 Å². The molecule has 92 valence electrons. The maximum Gasteiger partial charge on any atom is 0.0669 e. The molecule has 0 radical (unpaired) electrons. The largest absolute Gasteiger partial charge is 0.377 e. The van der Waals surface area contributed by atoms with Gasteiger partial charge in [0.25, 0.3) is 0 Å². The fourth-order valence-corrected chi connectivity index (χ4v) is 4.61. The van der Waals surface area contributed by atoms with E-state index in [9.17, 15) is 0 Å². The standard InChI is InChI=1S/C15H26O/c1-5-15(4)12-11-10(14(11,2)3)8-6-7-9-16-13(12)15/h10-13H,5-9H2,1-4H3. The molecular weight excluding hydrogens is 196 g/mol. The molecule has 2 aliphatic carbocycles. The van der Waals surface area contributed by atoms with Crippen LogP contribution in [0.3, 0.4) is 0 Å². The molecule has 0 amide bonds. The van der Waals surface area contributed by atoms with E-state index >= 15 is 0 Å². The van der Waals surface area contributed by atoms with Gasteiger partial charge in [0.15, 0.2) is 0 Å². The van der Waals surface area contributed by atoms with Crippen LogP contribution < -0.4 is 0 Å². The van der Waals surface area contributed by atoms with Crippen molar-refractivity contribution in [2.75, 3.05) is 6.61 Å². The summed E-state index contributed by atoms with van der Waals surface area (Å²) in [5, 5.41) is 0. The molecule has 0 aromatic carbocycles. The van der Waals surface area contributed by atoms with E-state index in [0.717, 1.165) is 24.4 Å². The van der Waals surface area contributed by atoms with E-state index in [2.05, 4.69) is 27.7 Å². The van der Waals surface area contributed by atoms with Crippen molar-refractivity contribution in [1.82, 2.24) is 0 Å². The van der Waals surface area contributed by atoms with Crippen LogP contribution in [0.4, 0.5) is 0 Å². The van der Waals surface area contributed by atoms with Crippen molar-refractivity contribution in [2.24, 2.45) is 28.6 Å². The quantitative estimate of drug-likeness (QED) is 0.654. The molecule has 2 saturated carbocycles. The van der Waals surface area contributed by atoms with E-state index in [0.29, 0.717) is 16.9 Å². The van der Waals surface area contributed by atoms with Gasteiger partial charge in [-0.25, -0.2) is 0 Å². The second-order valence-corrected chi connectivity index (χ2v) is 7.13. The van der Waals surface area contributed by atoms with Gasteiger partial charge in [-0.1, -0.05) is 34.1 Å². The highest BCUT2D eigenvalue weighted by Crippen LogP contribution is 2.75. The van der Waals surface area contributed by atoms with Crippen LogP contribution >= 0.6 is 0 Å². The Morgan fingerprint density at radius 2 is 1.88 bits per heavy atom. The van der Waals surface area contributed by atoms with Gasteiger partial charge in [-0.15, -0.1) is 0 Å². The van der Waals surface area contributed by atoms with Crippen LogP contribution in [0.2, 0.25) is 0 Å². The Morgan fingerprint density at radius 3 is 2.56 bits per heavy atom. The zero-order valence-electron chi connectivity index (χ0n) is 11.3. The molecule has 0 N–H and O–H groups in total. The third-order valence-electron chi connectivity index (χ3n) is 6.12. The Morgan fingerprint density at radius 1 is 1.12 bits per heavy atom. The van der Waals surface area contributed by atoms with Crippen molar-refractivity contribution in [1.29, 1.82) is 0 Å². The summed E-state index contributed by atoms with van der Waals surface area (Å²) < 4.78 is 6.13. The van der Waals surface area contributed by atoms with E-state index in [1.165, 1.54) is 25.7 Å². The highest BCUT2D eigenvalue weighted by molar-refractivity contribution is 5.22. The van der Waals surface area contributed by atoms with E-state index in [4.69, 9.17) is 4.74 Å². The second-order valence-electron chi connectivity index (χ2n) is 7.13. The lowest BCUT2D eigenvalue weighted by Crippen LogP contribution is -2.05. The number of hydrogen-bond donors (Lipinski definition) is 0. The first-order valence-electron chi connectivity index (χ1n) is 7.15. The summed E-state index contributed by atoms with van der Waals surface area (Å²) in [5.41, 5.74) is 1.12. The van der Waals surface area contributed by atoms with Crippen LogP contribution in [0.5, 0.6) is 0 Å². The lowest BCUT2D eigenvalue weighted by atomic mass is 9.97. The molecule has 3 rings (SSSR count). The smallest absolute Gasteiger partial charge is 0.0669 e. The van der Waals surface area contributed by atoms with Gasteiger partial charge >= 0.3 is 0 Å². The average Bonchev–Trinajstić information content (AvgIpc) is 2.99. The number of rotatable bonds is 1. The highest BCUT2D eigenvalue weighted by atomic mass is 16.5. The second kappa shape index (κ2) is 3.25. The van der Waals surface area contributed by atoms with Gasteiger partial charge in [-0.05, 0) is 47.8 Å². The Labute approximate surface area is 99.9 Å². The molecule has 1 aliphatic heterocycles. The Balaban J connectivity index is 1.82. The van der Waals surface area contributed by atoms with Crippen LogP contribution in [0.15, 0.2) is 0 Å². The first-order chi connectivity index (χ1) is 7.53. The fourth-order valence-electron chi connectivity index (χ4n) is 4.61. The van der Waals surface area contributed by atoms with E-state index < -0.39 is 0 Å². The molecule has 3 fully saturated rings. The monoisotopic (exact) mass is 222 g/mol. The molecule has 5 unspecified atom stereocenters. The van der Waals surface area contributed by atoms with Crippen molar-refractivity contribution in [3.63, 3.8) is 0 Å². The lowest BCUT2D eigenvalue weighted by Gasteiger charge is -2.09. The molecule has 1 nitrogen and oxygen atoms in total. The topological polar surface area (TPSA) is 9.23 Å². The van der Waals surface area contributed by atoms with Crippen LogP contribution in [0.25, 0.3) is 0 Å². The normalized spacial score (nSPS) is 54.0. The molecular formula is C15H26O. The Kier molecular flexibility index (Phi) is 2.25. The molecule has 0 spiro atoms. The zero-order chi connectivity index (χ0) is 11.6. The fraction of sp³-hybridized carbons (Fsp3) is 1.00. The van der Waals surface area contributed by atoms with Crippen molar-refractivity contribution in [3.05, 3.63) is 0 Å². The first kappa shape index (κ1) is 11.1. The number of hydrogen-bond acceptors (Lipinski definition) is 1. The summed E-state index contributed by atoms with van der Waals surface area (Å²) >= 11 is 0. The average molecular weight is 222 g/mol. The molecule has 0 aromatic heterocycles. The summed E-state index contributed by atoms with van der Waals surface area (Å²) in [6.07, 6.45) is 5.99. The summed E-state index contributed by atoms with van der Waals surface area (Å²) in [5.74, 6) is 2.83. The van der Waals surface area contributed by atoms with Gasteiger partial charge in [0.05, 0.1) is 6.10 Å². The molecule has 1 heteroatoms. The SMILES string of the molecule is CCC1(C)C2OCCCCC3C(C21)C3(C)C. The zero-order valence-corrected chi connectivity index (χ0v) is 11.3. The van der Waals surface area contributed by atoms with Gasteiger partial charge in [0.2, 0.25) is 0 Å². The maximum atomic E-state index is 6.13. The minimum Gasteiger partial charge on any atom is -0.377 e. The van der Waals surface area contributed by atoms with Crippen LogP contribution in [0, 0.1) is 28.6 Å². The molecule has 5 atom stereocenters. The highest BCUT2D eigenvalue weighted by Gasteiger charge is 2.74. The van der Waals surface area contributed by atoms with Crippen molar-refractivity contribution in [3.8, 4) is 0 Å². The third-order valence-corrected chi connectivity index (χ3v) is 6.12. The van der Waals surface area contributed by atoms with Crippen molar-refractivity contribution >= 4 is 0 Å². The molecule has 0 aromatic rings. The van der Waals surface area contributed by atoms with Gasteiger partial charge < -0.3 is 4.74 Å². The van der Waals surface area contributed by atoms with E-state index in [1.807, 2.05) is 0 Å². The molecule has 1 heterocycles. The Hall–Kier alpha value is -0.0400. The lowest BCUT2D eigenvalue weighted by molar-refractivity contribution is 0.0840. The molecule has 3 aliphatic rings. The van der Waals surface area contributed by atoms with Crippen molar-refractivity contribution < 1.29 is 4.74 Å². The van der Waals surface area contributed by atoms with Gasteiger partial charge in [-0.3, -0.25) is 0 Å². The first-order valence-corrected chi connectivity index (χ1v) is 7.15. The predicted octanol–water partition coefficient (Wildman–Crippen LogP) is 3.87. The van der Waals surface area contributed by atoms with Gasteiger partial charge in [-0.2, -0.15) is 0 Å². The third kappa shape index (κ3) is 1.27. The maximum absolute atomic E-state index is 6.13. The van der Waals surface area contributed by atoms with E-state index in [1.54, 1.807) is 0 Å². The predicted molar refractivity (Wildman–Crippen MR) is 66.2 cm³/mol. The summed E-state index contributed by atoms with van der Waals surface area (Å²) in [7, 11) is 0.